The van der Waals surface area contributed by atoms with Gasteiger partial charge in [-0.3, -0.25) is 4.98 Å². The summed E-state index contributed by atoms with van der Waals surface area (Å²) in [6.07, 6.45) is 36.2. The summed E-state index contributed by atoms with van der Waals surface area (Å²) in [7, 11) is 16.9. The van der Waals surface area contributed by atoms with Crippen molar-refractivity contribution in [3.8, 4) is 23.0 Å². The molecule has 0 amide bonds. The fourth-order valence-corrected chi connectivity index (χ4v) is 17.6. The van der Waals surface area contributed by atoms with Crippen LogP contribution in [0.3, 0.4) is 0 Å². The first kappa shape index (κ1) is 95.9. The molecule has 7 aliphatic rings. The van der Waals surface area contributed by atoms with Gasteiger partial charge in [-0.2, -0.15) is 54.8 Å². The molecule has 3 saturated heterocycles. The lowest BCUT2D eigenvalue weighted by atomic mass is 10.0. The van der Waals surface area contributed by atoms with Crippen LogP contribution in [0.5, 0.6) is 23.0 Å². The molecule has 31 nitrogen and oxygen atoms in total. The molecule has 4 aromatic carbocycles. The highest BCUT2D eigenvalue weighted by atomic mass is 35.5. The Morgan fingerprint density at radius 3 is 0.992 bits per heavy atom. The normalized spacial score (nSPS) is 17.6. The van der Waals surface area contributed by atoms with Gasteiger partial charge in [-0.05, 0) is 235 Å². The number of nitrogens with one attached hydrogen (secondary N) is 11. The summed E-state index contributed by atoms with van der Waals surface area (Å²) >= 11 is 31.0. The quantitative estimate of drug-likeness (QED) is 0.0237. The Hall–Kier alpha value is -8.79. The standard InChI is InChI=1S/C24H36ClN7O.C23H34ClN7O.C17H21Cl2N5O.C17H22ClN5O2.C7H16N2/c1-31-14-12-19(13-15-31)32(2)24-29-22(26-17-8-6-4-5-7-9-17)28-23(30-24)27-18-10-11-21(33-3)20(25)16-18;1-31(18-11-13-25-14-12-18)23-29-21(26-16-7-5-3-4-6-8-16)28-22(30-23)27-17-9-10-20(32-2)19(24)15-17;1-25-14-9-8-12(10-13(14)18)21-17-23-15(19)22-16(24-17)20-11-6-4-2-3-5-7-11;1-25-14-9-8-12(10-13(14)18)20-16-21-15(22-17(24)23-16)19-11-6-4-2-3-5-7-11;1-8-7-3-5-9(2)6-4-7/h10-11,16-17,19H,4-9,12-15H2,1-3H3,(H2,26,27,28,29,30);9-10,15-16,18,25H,3-8,11-14H2,1-2H3,(H2,26,27,28,29,30);8-11H,2-7H2,1H3,(H2,20,21,22,23,24);8-11H,2-7H2,1H3,(H3,19,20,21,22,23,24);7-8H,3-6H2,1-2H3. The second-order valence-corrected chi connectivity index (χ2v) is 34.9. The number of nitrogens with zero attached hydrogens (tertiary/aromatic N) is 15. The molecule has 36 heteroatoms. The van der Waals surface area contributed by atoms with E-state index >= 15 is 0 Å². The number of piperidine rings is 3. The van der Waals surface area contributed by atoms with Crippen LogP contribution in [-0.4, -0.2) is 215 Å². The van der Waals surface area contributed by atoms with E-state index in [9.17, 15) is 4.79 Å². The molecule has 11 N–H and O–H groups in total. The minimum atomic E-state index is -0.451. The van der Waals surface area contributed by atoms with Crippen molar-refractivity contribution < 1.29 is 18.9 Å². The second-order valence-electron chi connectivity index (χ2n) is 33.0. The van der Waals surface area contributed by atoms with Crippen molar-refractivity contribution in [3.63, 3.8) is 0 Å². The van der Waals surface area contributed by atoms with Crippen LogP contribution in [0.15, 0.2) is 77.6 Å². The summed E-state index contributed by atoms with van der Waals surface area (Å²) in [6.45, 7) is 6.72. The Balaban J connectivity index is 0.000000156. The number of methoxy groups -OCH3 is 4. The highest BCUT2D eigenvalue weighted by molar-refractivity contribution is 6.33. The number of rotatable bonds is 25. The average Bonchev–Trinajstić information content (AvgIpc) is 1.30. The topological polar surface area (TPSA) is 345 Å². The zero-order chi connectivity index (χ0) is 87.5. The highest BCUT2D eigenvalue weighted by Crippen LogP contribution is 2.36. The zero-order valence-electron chi connectivity index (χ0n) is 73.6. The number of hydrogen-bond acceptors (Lipinski definition) is 30. The molecule has 124 heavy (non-hydrogen) atoms. The summed E-state index contributed by atoms with van der Waals surface area (Å²) in [4.78, 5) is 73.2. The Bertz CT molecular complexity index is 4590. The van der Waals surface area contributed by atoms with Crippen LogP contribution in [0.25, 0.3) is 0 Å². The van der Waals surface area contributed by atoms with Crippen LogP contribution in [0.4, 0.5) is 82.2 Å². The third kappa shape index (κ3) is 31.4. The number of H-pyrrole nitrogens is 1. The fraction of sp³-hybridized carbons (Fsp3) is 0.591. The Morgan fingerprint density at radius 1 is 0.355 bits per heavy atom. The first-order valence-corrected chi connectivity index (χ1v) is 46.2. The Labute approximate surface area is 756 Å². The van der Waals surface area contributed by atoms with E-state index in [1.54, 1.807) is 58.8 Å². The molecular formula is C88H129Cl5N26O5. The van der Waals surface area contributed by atoms with Gasteiger partial charge in [0.05, 0.1) is 48.5 Å². The Kier molecular flexibility index (Phi) is 39.1. The van der Waals surface area contributed by atoms with Gasteiger partial charge in [0.15, 0.2) is 0 Å². The number of likely N-dealkylation sites (tertiary alicyclic amines) is 2. The van der Waals surface area contributed by atoms with Crippen LogP contribution in [-0.2, 0) is 0 Å². The molecule has 0 spiro atoms. The maximum atomic E-state index is 11.8. The van der Waals surface area contributed by atoms with Crippen LogP contribution >= 0.6 is 58.0 Å². The molecule has 4 aliphatic carbocycles. The van der Waals surface area contributed by atoms with Crippen molar-refractivity contribution in [2.75, 3.05) is 155 Å². The van der Waals surface area contributed by atoms with Crippen molar-refractivity contribution in [1.82, 2.24) is 80.2 Å². The van der Waals surface area contributed by atoms with Crippen molar-refractivity contribution in [1.29, 1.82) is 0 Å². The minimum absolute atomic E-state index is 0.147. The number of anilines is 14. The van der Waals surface area contributed by atoms with E-state index < -0.39 is 5.69 Å². The van der Waals surface area contributed by atoms with Crippen molar-refractivity contribution >= 4 is 140 Å². The average molecular weight is 1810 g/mol. The lowest BCUT2D eigenvalue weighted by molar-refractivity contribution is 0.240. The maximum Gasteiger partial charge on any atom is 0.351 e. The van der Waals surface area contributed by atoms with Crippen LogP contribution in [0, 0.1) is 0 Å². The largest absolute Gasteiger partial charge is 0.495 e. The molecule has 4 saturated carbocycles. The van der Waals surface area contributed by atoms with E-state index in [0.717, 1.165) is 126 Å². The minimum Gasteiger partial charge on any atom is -0.495 e. The van der Waals surface area contributed by atoms with E-state index in [-0.39, 0.29) is 5.28 Å². The molecule has 0 atom stereocenters. The predicted molar refractivity (Wildman–Crippen MR) is 506 cm³/mol. The van der Waals surface area contributed by atoms with Crippen molar-refractivity contribution in [2.24, 2.45) is 0 Å². The number of halogens is 5. The van der Waals surface area contributed by atoms with Gasteiger partial charge >= 0.3 is 5.69 Å². The van der Waals surface area contributed by atoms with Gasteiger partial charge in [0.25, 0.3) is 0 Å². The van der Waals surface area contributed by atoms with E-state index in [2.05, 4.69) is 138 Å². The number of benzene rings is 4. The van der Waals surface area contributed by atoms with Crippen molar-refractivity contribution in [3.05, 3.63) is 109 Å². The molecule has 0 bridgehead atoms. The fourth-order valence-electron chi connectivity index (χ4n) is 16.4. The van der Waals surface area contributed by atoms with E-state index in [4.69, 9.17) is 107 Å². The van der Waals surface area contributed by atoms with Gasteiger partial charge < -0.3 is 91.7 Å². The third-order valence-corrected chi connectivity index (χ3v) is 25.1. The molecule has 15 rings (SSSR count). The van der Waals surface area contributed by atoms with E-state index in [1.165, 1.54) is 129 Å². The van der Waals surface area contributed by atoms with Gasteiger partial charge in [-0.1, -0.05) is 149 Å². The van der Waals surface area contributed by atoms with Crippen LogP contribution in [0.1, 0.15) is 193 Å². The lowest BCUT2D eigenvalue weighted by Gasteiger charge is -2.35. The van der Waals surface area contributed by atoms with Gasteiger partial charge in [0.2, 0.25) is 64.8 Å². The monoisotopic (exact) mass is 1800 g/mol. The molecule has 676 valence electrons. The first-order chi connectivity index (χ1) is 60.2. The van der Waals surface area contributed by atoms with Gasteiger partial charge in [0.1, 0.15) is 23.0 Å². The zero-order valence-corrected chi connectivity index (χ0v) is 77.3. The molecule has 7 fully saturated rings. The predicted octanol–water partition coefficient (Wildman–Crippen LogP) is 18.6. The van der Waals surface area contributed by atoms with Crippen LogP contribution < -0.4 is 87.6 Å². The lowest BCUT2D eigenvalue weighted by Crippen LogP contribution is -2.42. The molecule has 3 aliphatic heterocycles. The molecule has 0 unspecified atom stereocenters. The number of aromatic amines is 1. The van der Waals surface area contributed by atoms with Gasteiger partial charge in [0, 0.05) is 79.1 Å². The smallest absolute Gasteiger partial charge is 0.351 e. The SMILES string of the molecule is CNC1CCN(C)CC1.COc1ccc(Nc2nc(Cl)nc(NC3CCCCCC3)n2)cc1Cl.COc1ccc(Nc2nc(NC3CCCCCC3)nc(=O)[nH]2)cc1Cl.COc1ccc(Nc2nc(NC3CCCCCC3)nc(N(C)C3CCN(C)CC3)n2)cc1Cl.COc1ccc(Nc2nc(NC3CCCCCC3)nc(N(C)C3CCNCC3)n2)cc1Cl. The number of ether oxygens (including phenoxy) is 4. The third-order valence-electron chi connectivity index (χ3n) is 23.7. The first-order valence-electron chi connectivity index (χ1n) is 44.4. The molecule has 7 heterocycles. The van der Waals surface area contributed by atoms with E-state index in [1.807, 2.05) is 42.5 Å². The number of aromatic nitrogens is 12. The maximum absolute atomic E-state index is 11.8. The second kappa shape index (κ2) is 50.5. The van der Waals surface area contributed by atoms with Gasteiger partial charge in [-0.25, -0.2) is 4.79 Å². The molecule has 0 radical (unpaired) electrons. The van der Waals surface area contributed by atoms with Crippen LogP contribution in [0.2, 0.25) is 25.4 Å². The molecule has 8 aromatic rings. The van der Waals surface area contributed by atoms with Crippen molar-refractivity contribution in [2.45, 2.75) is 235 Å². The Morgan fingerprint density at radius 2 is 0.653 bits per heavy atom. The summed E-state index contributed by atoms with van der Waals surface area (Å²) in [5, 5.41) is 35.5. The summed E-state index contributed by atoms with van der Waals surface area (Å²) in [5.74, 6) is 7.65. The summed E-state index contributed by atoms with van der Waals surface area (Å²) in [5.41, 5.74) is 2.60. The highest BCUT2D eigenvalue weighted by Gasteiger charge is 2.28. The van der Waals surface area contributed by atoms with Gasteiger partial charge in [-0.15, -0.1) is 0 Å². The number of hydrogen-bond donors (Lipinski definition) is 11. The summed E-state index contributed by atoms with van der Waals surface area (Å²) in [6, 6.07) is 24.8. The summed E-state index contributed by atoms with van der Waals surface area (Å²) < 4.78 is 20.8. The molecular weight excluding hydrogens is 1680 g/mol. The molecule has 4 aromatic heterocycles. The van der Waals surface area contributed by atoms with E-state index in [0.29, 0.717) is 145 Å².